The topological polar surface area (TPSA) is 84.9 Å². The van der Waals surface area contributed by atoms with Crippen molar-refractivity contribution in [3.63, 3.8) is 0 Å². The van der Waals surface area contributed by atoms with Crippen molar-refractivity contribution in [3.8, 4) is 11.1 Å². The molecule has 1 aromatic heterocycles. The number of anilines is 1. The van der Waals surface area contributed by atoms with E-state index in [-0.39, 0.29) is 29.8 Å². The third-order valence-corrected chi connectivity index (χ3v) is 13.2. The maximum absolute atomic E-state index is 15.3. The van der Waals surface area contributed by atoms with Crippen molar-refractivity contribution in [1.82, 2.24) is 14.3 Å². The lowest BCUT2D eigenvalue weighted by molar-refractivity contribution is 0.215. The predicted octanol–water partition coefficient (Wildman–Crippen LogP) is 3.90. The molecule has 0 atom stereocenters. The highest BCUT2D eigenvalue weighted by atomic mass is 32.2. The molecule has 11 heteroatoms. The molecule has 1 aliphatic heterocycles. The number of aromatic nitrogens is 2. The number of hydrogen-bond acceptors (Lipinski definition) is 7. The molecule has 194 valence electrons. The molecule has 0 spiro atoms. The molecular weight excluding hydrogens is 487 g/mol. The number of sulfonamides is 1. The largest absolute Gasteiger partial charge is 0.412 e. The molecule has 35 heavy (non-hydrogen) atoms. The van der Waals surface area contributed by atoms with Crippen molar-refractivity contribution in [3.05, 3.63) is 42.0 Å². The summed E-state index contributed by atoms with van der Waals surface area (Å²) in [6.07, 6.45) is 3.22. The highest BCUT2D eigenvalue weighted by Gasteiger charge is 2.37. The zero-order chi connectivity index (χ0) is 25.9. The Bertz CT molecular complexity index is 1100. The van der Waals surface area contributed by atoms with E-state index in [9.17, 15) is 8.42 Å². The van der Waals surface area contributed by atoms with Crippen molar-refractivity contribution in [1.29, 1.82) is 0 Å². The van der Waals surface area contributed by atoms with Crippen LogP contribution in [0.1, 0.15) is 26.3 Å². The van der Waals surface area contributed by atoms with Gasteiger partial charge in [0.2, 0.25) is 16.0 Å². The molecule has 1 aliphatic rings. The number of benzene rings is 1. The van der Waals surface area contributed by atoms with E-state index in [2.05, 4.69) is 43.8 Å². The standard InChI is InChI=1S/C24H37FN4O4SSi/c1-24(2,3)35(5,6)33-18-19-8-7-9-21(22(19)25)20-16-26-23(27-17-20)28-10-12-29(13-11-28)34(30,31)15-14-32-4/h7-9,16-17H,10-15,18H2,1-6H3. The molecule has 2 heterocycles. The summed E-state index contributed by atoms with van der Waals surface area (Å²) in [6.45, 7) is 12.9. The number of methoxy groups -OCH3 is 1. The van der Waals surface area contributed by atoms with Crippen LogP contribution in [0.5, 0.6) is 0 Å². The Kier molecular flexibility index (Phi) is 8.69. The first-order valence-electron chi connectivity index (χ1n) is 11.8. The van der Waals surface area contributed by atoms with Crippen molar-refractivity contribution < 1.29 is 22.0 Å². The number of ether oxygens (including phenoxy) is 1. The number of rotatable bonds is 9. The van der Waals surface area contributed by atoms with Gasteiger partial charge in [-0.2, -0.15) is 4.31 Å². The molecule has 0 N–H and O–H groups in total. The monoisotopic (exact) mass is 524 g/mol. The first-order valence-corrected chi connectivity index (χ1v) is 16.3. The summed E-state index contributed by atoms with van der Waals surface area (Å²) < 4.78 is 52.6. The third kappa shape index (κ3) is 6.65. The third-order valence-electron chi connectivity index (χ3n) is 6.88. The van der Waals surface area contributed by atoms with E-state index in [1.54, 1.807) is 24.5 Å². The molecule has 1 saturated heterocycles. The summed E-state index contributed by atoms with van der Waals surface area (Å²) in [5.41, 5.74) is 1.53. The van der Waals surface area contributed by atoms with Gasteiger partial charge in [-0.1, -0.05) is 39.0 Å². The summed E-state index contributed by atoms with van der Waals surface area (Å²) in [5.74, 6) is 0.151. The van der Waals surface area contributed by atoms with Crippen LogP contribution in [-0.2, 0) is 25.8 Å². The fourth-order valence-corrected chi connectivity index (χ4v) is 5.80. The van der Waals surface area contributed by atoms with E-state index in [0.29, 0.717) is 48.8 Å². The van der Waals surface area contributed by atoms with Crippen molar-refractivity contribution in [2.75, 3.05) is 50.5 Å². The van der Waals surface area contributed by atoms with Crippen LogP contribution in [0, 0.1) is 5.82 Å². The van der Waals surface area contributed by atoms with Gasteiger partial charge in [0.1, 0.15) is 5.82 Å². The lowest BCUT2D eigenvalue weighted by Crippen LogP contribution is -2.50. The zero-order valence-corrected chi connectivity index (χ0v) is 23.4. The Balaban J connectivity index is 1.67. The Labute approximate surface area is 209 Å². The lowest BCUT2D eigenvalue weighted by Gasteiger charge is -2.36. The van der Waals surface area contributed by atoms with Crippen LogP contribution in [-0.4, -0.2) is 76.7 Å². The molecule has 0 bridgehead atoms. The number of piperazine rings is 1. The second-order valence-electron chi connectivity index (χ2n) is 10.3. The average molecular weight is 525 g/mol. The van der Waals surface area contributed by atoms with Gasteiger partial charge in [0.05, 0.1) is 19.0 Å². The quantitative estimate of drug-likeness (QED) is 0.460. The molecule has 1 aromatic carbocycles. The van der Waals surface area contributed by atoms with E-state index < -0.39 is 18.3 Å². The van der Waals surface area contributed by atoms with E-state index >= 15 is 4.39 Å². The van der Waals surface area contributed by atoms with Crippen LogP contribution < -0.4 is 4.90 Å². The van der Waals surface area contributed by atoms with Gasteiger partial charge < -0.3 is 14.1 Å². The van der Waals surface area contributed by atoms with Crippen molar-refractivity contribution in [2.24, 2.45) is 0 Å². The van der Waals surface area contributed by atoms with Gasteiger partial charge in [0, 0.05) is 62.4 Å². The summed E-state index contributed by atoms with van der Waals surface area (Å²) in [5, 5.41) is 0.0460. The van der Waals surface area contributed by atoms with Gasteiger partial charge in [-0.05, 0) is 18.1 Å². The second kappa shape index (κ2) is 11.0. The average Bonchev–Trinajstić information content (AvgIpc) is 2.82. The Morgan fingerprint density at radius 1 is 1.09 bits per heavy atom. The van der Waals surface area contributed by atoms with Gasteiger partial charge in [-0.3, -0.25) is 0 Å². The van der Waals surface area contributed by atoms with Crippen LogP contribution in [0.3, 0.4) is 0 Å². The highest BCUT2D eigenvalue weighted by Crippen LogP contribution is 2.37. The zero-order valence-electron chi connectivity index (χ0n) is 21.5. The van der Waals surface area contributed by atoms with E-state index in [1.165, 1.54) is 11.4 Å². The molecule has 0 radical (unpaired) electrons. The molecule has 0 amide bonds. The maximum Gasteiger partial charge on any atom is 0.225 e. The molecule has 3 rings (SSSR count). The molecule has 0 unspecified atom stereocenters. The summed E-state index contributed by atoms with van der Waals surface area (Å²) in [6, 6.07) is 5.29. The molecular formula is C24H37FN4O4SSi. The minimum absolute atomic E-state index is 0.0275. The second-order valence-corrected chi connectivity index (χ2v) is 17.2. The van der Waals surface area contributed by atoms with Gasteiger partial charge in [-0.25, -0.2) is 22.8 Å². The summed E-state index contributed by atoms with van der Waals surface area (Å²) in [4.78, 5) is 10.8. The Hall–Kier alpha value is -1.92. The first-order chi connectivity index (χ1) is 16.4. The van der Waals surface area contributed by atoms with E-state index in [4.69, 9.17) is 9.16 Å². The van der Waals surface area contributed by atoms with Crippen LogP contribution in [0.25, 0.3) is 11.1 Å². The molecule has 0 aliphatic carbocycles. The maximum atomic E-state index is 15.3. The molecule has 1 fully saturated rings. The van der Waals surface area contributed by atoms with Crippen LogP contribution in [0.15, 0.2) is 30.6 Å². The van der Waals surface area contributed by atoms with Gasteiger partial charge in [0.25, 0.3) is 0 Å². The Morgan fingerprint density at radius 2 is 1.71 bits per heavy atom. The van der Waals surface area contributed by atoms with Crippen LogP contribution in [0.4, 0.5) is 10.3 Å². The van der Waals surface area contributed by atoms with Crippen molar-refractivity contribution >= 4 is 24.3 Å². The van der Waals surface area contributed by atoms with Crippen LogP contribution in [0.2, 0.25) is 18.1 Å². The number of hydrogen-bond donors (Lipinski definition) is 0. The first kappa shape index (κ1) is 27.7. The highest BCUT2D eigenvalue weighted by molar-refractivity contribution is 7.89. The number of nitrogens with zero attached hydrogens (tertiary/aromatic N) is 4. The Morgan fingerprint density at radius 3 is 2.29 bits per heavy atom. The predicted molar refractivity (Wildman–Crippen MR) is 139 cm³/mol. The molecule has 0 saturated carbocycles. The minimum atomic E-state index is -3.33. The van der Waals surface area contributed by atoms with Gasteiger partial charge in [-0.15, -0.1) is 0 Å². The minimum Gasteiger partial charge on any atom is -0.412 e. The van der Waals surface area contributed by atoms with E-state index in [0.717, 1.165) is 0 Å². The SMILES string of the molecule is COCCS(=O)(=O)N1CCN(c2ncc(-c3cccc(CO[Si](C)(C)C(C)(C)C)c3F)cn2)CC1. The molecule has 2 aromatic rings. The summed E-state index contributed by atoms with van der Waals surface area (Å²) in [7, 11) is -3.85. The van der Waals surface area contributed by atoms with Crippen molar-refractivity contribution in [2.45, 2.75) is 45.5 Å². The van der Waals surface area contributed by atoms with Gasteiger partial charge in [0.15, 0.2) is 8.32 Å². The molecule has 8 nitrogen and oxygen atoms in total. The fraction of sp³-hybridized carbons (Fsp3) is 0.583. The fourth-order valence-electron chi connectivity index (χ4n) is 3.50. The van der Waals surface area contributed by atoms with Gasteiger partial charge >= 0.3 is 0 Å². The smallest absolute Gasteiger partial charge is 0.225 e. The lowest BCUT2D eigenvalue weighted by atomic mass is 10.1. The van der Waals surface area contributed by atoms with E-state index in [1.807, 2.05) is 11.0 Å². The summed E-state index contributed by atoms with van der Waals surface area (Å²) >= 11 is 0. The van der Waals surface area contributed by atoms with Crippen LogP contribution >= 0.6 is 0 Å². The number of halogens is 1. The normalized spacial score (nSPS) is 16.0.